The minimum Gasteiger partial charge on any atom is -0.411 e. The van der Waals surface area contributed by atoms with Gasteiger partial charge in [0.1, 0.15) is 4.21 Å². The molecule has 7 nitrogen and oxygen atoms in total. The normalized spacial score (nSPS) is 16.0. The van der Waals surface area contributed by atoms with E-state index in [1.165, 1.54) is 17.2 Å². The highest BCUT2D eigenvalue weighted by Crippen LogP contribution is 2.38. The van der Waals surface area contributed by atoms with Crippen molar-refractivity contribution in [1.82, 2.24) is 4.72 Å². The van der Waals surface area contributed by atoms with Gasteiger partial charge in [-0.3, -0.25) is 0 Å². The number of sulfonamides is 1. The maximum atomic E-state index is 12.6. The van der Waals surface area contributed by atoms with Crippen LogP contribution in [0.5, 0.6) is 0 Å². The molecule has 1 heterocycles. The van der Waals surface area contributed by atoms with Crippen LogP contribution in [0, 0.1) is 0 Å². The maximum absolute atomic E-state index is 12.6. The summed E-state index contributed by atoms with van der Waals surface area (Å²) >= 11 is 0.966. The summed E-state index contributed by atoms with van der Waals surface area (Å²) in [5.74, 6) is 0. The second kappa shape index (κ2) is 7.21. The van der Waals surface area contributed by atoms with Crippen molar-refractivity contribution in [3.63, 3.8) is 0 Å². The van der Waals surface area contributed by atoms with E-state index >= 15 is 0 Å². The number of thiophene rings is 1. The summed E-state index contributed by atoms with van der Waals surface area (Å²) in [7, 11) is -4.01. The Kier molecular flexibility index (Phi) is 4.88. The lowest BCUT2D eigenvalue weighted by molar-refractivity contribution is 0.256. The Labute approximate surface area is 167 Å². The summed E-state index contributed by atoms with van der Waals surface area (Å²) in [6.45, 7) is 1.56. The Hall–Kier alpha value is -2.39. The number of benzene rings is 1. The molecule has 0 bridgehead atoms. The van der Waals surface area contributed by atoms with Crippen molar-refractivity contribution in [3.8, 4) is 0 Å². The fourth-order valence-corrected chi connectivity index (χ4v) is 6.11. The summed E-state index contributed by atoms with van der Waals surface area (Å²) in [5.41, 5.74) is 6.40. The second-order valence-corrected chi connectivity index (χ2v) is 9.95. The molecule has 0 fully saturated rings. The number of hydrogen-bond donors (Lipinski definition) is 3. The van der Waals surface area contributed by atoms with E-state index in [1.54, 1.807) is 12.3 Å². The van der Waals surface area contributed by atoms with E-state index in [0.717, 1.165) is 66.7 Å². The first kappa shape index (κ1) is 18.9. The van der Waals surface area contributed by atoms with E-state index in [0.29, 0.717) is 11.3 Å². The zero-order valence-electron chi connectivity index (χ0n) is 15.4. The van der Waals surface area contributed by atoms with E-state index in [2.05, 4.69) is 21.3 Å². The van der Waals surface area contributed by atoms with Crippen molar-refractivity contribution < 1.29 is 18.4 Å². The molecule has 0 aliphatic heterocycles. The van der Waals surface area contributed by atoms with Gasteiger partial charge in [-0.05, 0) is 73.8 Å². The number of hydrogen-bond acceptors (Lipinski definition) is 6. The molecule has 0 radical (unpaired) electrons. The lowest BCUT2D eigenvalue weighted by atomic mass is 9.99. The third-order valence-corrected chi connectivity index (χ3v) is 8.12. The summed E-state index contributed by atoms with van der Waals surface area (Å²) < 4.78 is 27.2. The molecule has 0 saturated heterocycles. The third kappa shape index (κ3) is 3.40. The van der Waals surface area contributed by atoms with Crippen molar-refractivity contribution in [2.75, 3.05) is 5.32 Å². The van der Waals surface area contributed by atoms with E-state index in [-0.39, 0.29) is 4.21 Å². The SMILES string of the molecule is C/C(=N\O)c1csc(S(=O)(=O)NC(=O)Nc2c3c(cc4c2CCC4)CCC3)c1. The van der Waals surface area contributed by atoms with Gasteiger partial charge in [-0.15, -0.1) is 11.3 Å². The van der Waals surface area contributed by atoms with Crippen molar-refractivity contribution in [2.24, 2.45) is 5.16 Å². The van der Waals surface area contributed by atoms with Gasteiger partial charge in [-0.2, -0.15) is 0 Å². The highest BCUT2D eigenvalue weighted by atomic mass is 32.2. The Balaban J connectivity index is 1.56. The maximum Gasteiger partial charge on any atom is 0.333 e. The number of oxime groups is 1. The summed E-state index contributed by atoms with van der Waals surface area (Å²) in [5, 5.41) is 16.3. The summed E-state index contributed by atoms with van der Waals surface area (Å²) in [6, 6.07) is 2.88. The number of aryl methyl sites for hydroxylation is 2. The number of nitrogens with one attached hydrogen (secondary N) is 2. The molecule has 9 heteroatoms. The summed E-state index contributed by atoms with van der Waals surface area (Å²) in [4.78, 5) is 12.5. The molecular weight excluding hydrogens is 398 g/mol. The minimum atomic E-state index is -4.01. The van der Waals surface area contributed by atoms with Gasteiger partial charge in [-0.25, -0.2) is 17.9 Å². The zero-order valence-corrected chi connectivity index (χ0v) is 17.0. The molecule has 2 aromatic rings. The predicted molar refractivity (Wildman–Crippen MR) is 108 cm³/mol. The number of carbonyl (C=O) groups excluding carboxylic acids is 1. The summed E-state index contributed by atoms with van der Waals surface area (Å²) in [6.07, 6.45) is 5.91. The molecule has 1 aromatic carbocycles. The van der Waals surface area contributed by atoms with Gasteiger partial charge in [0.2, 0.25) is 0 Å². The number of rotatable bonds is 4. The highest BCUT2D eigenvalue weighted by molar-refractivity contribution is 7.92. The van der Waals surface area contributed by atoms with Crippen LogP contribution in [0.4, 0.5) is 10.5 Å². The minimum absolute atomic E-state index is 0.0100. The first-order valence-electron chi connectivity index (χ1n) is 9.17. The average Bonchev–Trinajstić information content (AvgIpc) is 3.39. The fourth-order valence-electron chi connectivity index (χ4n) is 3.98. The average molecular weight is 420 g/mol. The van der Waals surface area contributed by atoms with Crippen molar-refractivity contribution in [2.45, 2.75) is 49.7 Å². The van der Waals surface area contributed by atoms with Gasteiger partial charge in [0.15, 0.2) is 0 Å². The van der Waals surface area contributed by atoms with Gasteiger partial charge in [-0.1, -0.05) is 11.2 Å². The van der Waals surface area contributed by atoms with Crippen LogP contribution in [0.1, 0.15) is 47.6 Å². The Morgan fingerprint density at radius 2 is 1.75 bits per heavy atom. The molecule has 4 rings (SSSR count). The first-order chi connectivity index (χ1) is 13.4. The number of carbonyl (C=O) groups is 1. The van der Waals surface area contributed by atoms with Crippen LogP contribution < -0.4 is 10.0 Å². The highest BCUT2D eigenvalue weighted by Gasteiger charge is 2.26. The molecule has 2 aliphatic carbocycles. The van der Waals surface area contributed by atoms with Crippen molar-refractivity contribution in [3.05, 3.63) is 45.3 Å². The molecule has 1 aromatic heterocycles. The van der Waals surface area contributed by atoms with E-state index in [4.69, 9.17) is 5.21 Å². The van der Waals surface area contributed by atoms with E-state index < -0.39 is 16.1 Å². The molecule has 0 unspecified atom stereocenters. The quantitative estimate of drug-likeness (QED) is 0.401. The van der Waals surface area contributed by atoms with Crippen LogP contribution in [-0.2, 0) is 35.7 Å². The van der Waals surface area contributed by atoms with Gasteiger partial charge in [0, 0.05) is 16.6 Å². The second-order valence-electron chi connectivity index (χ2n) is 7.13. The molecule has 148 valence electrons. The molecule has 2 aliphatic rings. The molecule has 0 saturated carbocycles. The molecule has 2 amide bonds. The van der Waals surface area contributed by atoms with Gasteiger partial charge < -0.3 is 10.5 Å². The number of amides is 2. The zero-order chi connectivity index (χ0) is 19.9. The Morgan fingerprint density at radius 1 is 1.11 bits per heavy atom. The Morgan fingerprint density at radius 3 is 2.36 bits per heavy atom. The van der Waals surface area contributed by atoms with E-state index in [9.17, 15) is 13.2 Å². The van der Waals surface area contributed by atoms with Crippen LogP contribution in [0.2, 0.25) is 0 Å². The first-order valence-corrected chi connectivity index (χ1v) is 11.5. The van der Waals surface area contributed by atoms with Gasteiger partial charge in [0.05, 0.1) is 5.71 Å². The van der Waals surface area contributed by atoms with Gasteiger partial charge >= 0.3 is 6.03 Å². The van der Waals surface area contributed by atoms with Crippen LogP contribution >= 0.6 is 11.3 Å². The lowest BCUT2D eigenvalue weighted by Gasteiger charge is -2.16. The predicted octanol–water partition coefficient (Wildman–Crippen LogP) is 3.43. The molecule has 0 atom stereocenters. The Bertz CT molecular complexity index is 1050. The van der Waals surface area contributed by atoms with Crippen molar-refractivity contribution in [1.29, 1.82) is 0 Å². The number of nitrogens with zero attached hydrogens (tertiary/aromatic N) is 1. The molecular formula is C19H21N3O4S2. The smallest absolute Gasteiger partial charge is 0.333 e. The largest absolute Gasteiger partial charge is 0.411 e. The monoisotopic (exact) mass is 419 g/mol. The number of urea groups is 1. The molecule has 28 heavy (non-hydrogen) atoms. The van der Waals surface area contributed by atoms with Gasteiger partial charge in [0.25, 0.3) is 10.0 Å². The van der Waals surface area contributed by atoms with Crippen LogP contribution in [0.3, 0.4) is 0 Å². The van der Waals surface area contributed by atoms with Crippen molar-refractivity contribution >= 4 is 38.8 Å². The molecule has 3 N–H and O–H groups in total. The van der Waals surface area contributed by atoms with E-state index in [1.807, 2.05) is 0 Å². The van der Waals surface area contributed by atoms with Crippen LogP contribution in [0.25, 0.3) is 0 Å². The number of fused-ring (bicyclic) bond motifs is 2. The van der Waals surface area contributed by atoms with Crippen LogP contribution in [0.15, 0.2) is 26.9 Å². The lowest BCUT2D eigenvalue weighted by Crippen LogP contribution is -2.34. The standard InChI is InChI=1S/C19H21N3O4S2/c1-11(21-24)14-9-17(27-10-14)28(25,26)22-19(23)20-18-15-6-2-4-12(15)8-13-5-3-7-16(13)18/h8-10,24H,2-7H2,1H3,(H2,20,22,23)/b21-11+. The number of anilines is 1. The fraction of sp³-hybridized carbons (Fsp3) is 0.368. The molecule has 0 spiro atoms. The van der Waals surface area contributed by atoms with Crippen LogP contribution in [-0.4, -0.2) is 25.4 Å². The third-order valence-electron chi connectivity index (χ3n) is 5.35. The topological polar surface area (TPSA) is 108 Å².